The Kier molecular flexibility index (Phi) is 5.44. The van der Waals surface area contributed by atoms with Crippen molar-refractivity contribution in [3.8, 4) is 0 Å². The fourth-order valence-electron chi connectivity index (χ4n) is 0.866. The van der Waals surface area contributed by atoms with E-state index in [4.69, 9.17) is 0 Å². The predicted molar refractivity (Wildman–Crippen MR) is 47.0 cm³/mol. The van der Waals surface area contributed by atoms with Gasteiger partial charge in [-0.2, -0.15) is 22.0 Å². The lowest BCUT2D eigenvalue weighted by molar-refractivity contribution is -0.279. The third-order valence-electron chi connectivity index (χ3n) is 1.72. The molecule has 7 heteroatoms. The van der Waals surface area contributed by atoms with Crippen LogP contribution in [0.4, 0.5) is 22.0 Å². The molecular formula is C8H15F5N2. The number of alkyl halides is 5. The number of nitrogens with zero attached hydrogens (tertiary/aromatic N) is 1. The second-order valence-electron chi connectivity index (χ2n) is 3.54. The molecule has 0 spiro atoms. The molecule has 1 N–H and O–H groups in total. The summed E-state index contributed by atoms with van der Waals surface area (Å²) in [6.07, 6.45) is -4.94. The van der Waals surface area contributed by atoms with Crippen molar-refractivity contribution in [2.45, 2.75) is 18.5 Å². The maximum Gasteiger partial charge on any atom is 0.454 e. The van der Waals surface area contributed by atoms with Gasteiger partial charge in [-0.25, -0.2) is 0 Å². The van der Waals surface area contributed by atoms with Crippen molar-refractivity contribution in [2.75, 3.05) is 33.7 Å². The summed E-state index contributed by atoms with van der Waals surface area (Å²) in [5.41, 5.74) is 0. The highest BCUT2D eigenvalue weighted by Gasteiger charge is 2.56. The van der Waals surface area contributed by atoms with Gasteiger partial charge in [-0.15, -0.1) is 0 Å². The Labute approximate surface area is 85.4 Å². The van der Waals surface area contributed by atoms with E-state index in [1.165, 1.54) is 0 Å². The molecule has 0 rings (SSSR count). The zero-order valence-corrected chi connectivity index (χ0v) is 8.67. The number of nitrogens with one attached hydrogen (secondary N) is 1. The van der Waals surface area contributed by atoms with Crippen LogP contribution in [0.2, 0.25) is 0 Å². The van der Waals surface area contributed by atoms with Crippen molar-refractivity contribution in [1.29, 1.82) is 0 Å². The first-order valence-corrected chi connectivity index (χ1v) is 4.47. The van der Waals surface area contributed by atoms with Crippen LogP contribution in [0.15, 0.2) is 0 Å². The first-order chi connectivity index (χ1) is 6.67. The van der Waals surface area contributed by atoms with Gasteiger partial charge in [0.15, 0.2) is 0 Å². The standard InChI is InChI=1S/C8H15F5N2/c1-15(2)5-3-4-14-6-7(9,10)8(11,12)13/h14H,3-6H2,1-2H3. The molecule has 0 saturated heterocycles. The lowest BCUT2D eigenvalue weighted by Crippen LogP contribution is -2.45. The number of rotatable bonds is 6. The third kappa shape index (κ3) is 5.88. The van der Waals surface area contributed by atoms with Crippen LogP contribution < -0.4 is 5.32 Å². The lowest BCUT2D eigenvalue weighted by Gasteiger charge is -2.20. The van der Waals surface area contributed by atoms with E-state index in [0.29, 0.717) is 13.0 Å². The van der Waals surface area contributed by atoms with E-state index in [2.05, 4.69) is 5.32 Å². The summed E-state index contributed by atoms with van der Waals surface area (Å²) in [6, 6.07) is 0. The number of halogens is 5. The molecule has 0 aromatic rings. The second kappa shape index (κ2) is 5.60. The fourth-order valence-corrected chi connectivity index (χ4v) is 0.866. The first-order valence-electron chi connectivity index (χ1n) is 4.47. The summed E-state index contributed by atoms with van der Waals surface area (Å²) in [5, 5.41) is 2.09. The Hall–Kier alpha value is -0.430. The topological polar surface area (TPSA) is 15.3 Å². The van der Waals surface area contributed by atoms with Crippen LogP contribution in [0.5, 0.6) is 0 Å². The van der Waals surface area contributed by atoms with Gasteiger partial charge in [0.2, 0.25) is 0 Å². The van der Waals surface area contributed by atoms with E-state index in [1.807, 2.05) is 4.90 Å². The van der Waals surface area contributed by atoms with Gasteiger partial charge in [0.25, 0.3) is 0 Å². The minimum atomic E-state index is -5.47. The van der Waals surface area contributed by atoms with E-state index in [0.717, 1.165) is 0 Å². The van der Waals surface area contributed by atoms with Gasteiger partial charge < -0.3 is 10.2 Å². The van der Waals surface area contributed by atoms with Crippen molar-refractivity contribution >= 4 is 0 Å². The largest absolute Gasteiger partial charge is 0.454 e. The van der Waals surface area contributed by atoms with Crippen LogP contribution in [0.1, 0.15) is 6.42 Å². The summed E-state index contributed by atoms with van der Waals surface area (Å²) < 4.78 is 59.7. The second-order valence-corrected chi connectivity index (χ2v) is 3.54. The van der Waals surface area contributed by atoms with Gasteiger partial charge in [-0.1, -0.05) is 0 Å². The predicted octanol–water partition coefficient (Wildman–Crippen LogP) is 1.73. The third-order valence-corrected chi connectivity index (χ3v) is 1.72. The molecule has 0 aliphatic heterocycles. The monoisotopic (exact) mass is 234 g/mol. The van der Waals surface area contributed by atoms with E-state index < -0.39 is 18.6 Å². The van der Waals surface area contributed by atoms with Gasteiger partial charge in [0.1, 0.15) is 0 Å². The van der Waals surface area contributed by atoms with Gasteiger partial charge in [0.05, 0.1) is 6.54 Å². The molecule has 2 nitrogen and oxygen atoms in total. The Bertz CT molecular complexity index is 178. The molecule has 0 atom stereocenters. The molecule has 0 radical (unpaired) electrons. The van der Waals surface area contributed by atoms with E-state index in [-0.39, 0.29) is 6.54 Å². The van der Waals surface area contributed by atoms with Crippen LogP contribution in [-0.4, -0.2) is 50.7 Å². The zero-order valence-electron chi connectivity index (χ0n) is 8.67. The molecule has 0 aliphatic rings. The smallest absolute Gasteiger partial charge is 0.311 e. The SMILES string of the molecule is CN(C)CCCNCC(F)(F)C(F)(F)F. The first kappa shape index (κ1) is 14.6. The van der Waals surface area contributed by atoms with Crippen LogP contribution in [0, 0.1) is 0 Å². The van der Waals surface area contributed by atoms with Crippen molar-refractivity contribution in [3.05, 3.63) is 0 Å². The van der Waals surface area contributed by atoms with Crippen LogP contribution in [0.3, 0.4) is 0 Å². The van der Waals surface area contributed by atoms with Crippen molar-refractivity contribution < 1.29 is 22.0 Å². The molecule has 92 valence electrons. The maximum absolute atomic E-state index is 12.3. The van der Waals surface area contributed by atoms with Crippen molar-refractivity contribution in [3.63, 3.8) is 0 Å². The Morgan fingerprint density at radius 2 is 1.60 bits per heavy atom. The molecule has 0 aliphatic carbocycles. The summed E-state index contributed by atoms with van der Waals surface area (Å²) >= 11 is 0. The molecule has 0 saturated carbocycles. The van der Waals surface area contributed by atoms with Crippen LogP contribution in [-0.2, 0) is 0 Å². The number of hydrogen-bond donors (Lipinski definition) is 1. The molecule has 15 heavy (non-hydrogen) atoms. The molecule has 0 amide bonds. The van der Waals surface area contributed by atoms with E-state index in [9.17, 15) is 22.0 Å². The van der Waals surface area contributed by atoms with Crippen LogP contribution in [0.25, 0.3) is 0 Å². The molecule has 0 heterocycles. The highest BCUT2D eigenvalue weighted by molar-refractivity contribution is 4.78. The van der Waals surface area contributed by atoms with E-state index in [1.54, 1.807) is 14.1 Å². The minimum absolute atomic E-state index is 0.143. The quantitative estimate of drug-likeness (QED) is 0.556. The molecule has 0 unspecified atom stereocenters. The van der Waals surface area contributed by atoms with E-state index >= 15 is 0 Å². The Morgan fingerprint density at radius 3 is 2.00 bits per heavy atom. The number of hydrogen-bond acceptors (Lipinski definition) is 2. The van der Waals surface area contributed by atoms with Gasteiger partial charge in [-0.3, -0.25) is 0 Å². The van der Waals surface area contributed by atoms with Crippen LogP contribution >= 0.6 is 0 Å². The summed E-state index contributed by atoms with van der Waals surface area (Å²) in [5.74, 6) is -4.65. The Morgan fingerprint density at radius 1 is 1.07 bits per heavy atom. The fraction of sp³-hybridized carbons (Fsp3) is 1.00. The summed E-state index contributed by atoms with van der Waals surface area (Å²) in [6.45, 7) is -0.571. The zero-order chi connectivity index (χ0) is 12.1. The van der Waals surface area contributed by atoms with Gasteiger partial charge >= 0.3 is 12.1 Å². The minimum Gasteiger partial charge on any atom is -0.311 e. The van der Waals surface area contributed by atoms with Gasteiger partial charge in [-0.05, 0) is 33.6 Å². The summed E-state index contributed by atoms with van der Waals surface area (Å²) in [4.78, 5) is 1.82. The highest BCUT2D eigenvalue weighted by Crippen LogP contribution is 2.34. The maximum atomic E-state index is 12.3. The average molecular weight is 234 g/mol. The van der Waals surface area contributed by atoms with Crippen molar-refractivity contribution in [1.82, 2.24) is 10.2 Å². The molecule has 0 aromatic carbocycles. The highest BCUT2D eigenvalue weighted by atomic mass is 19.4. The molecule has 0 aromatic heterocycles. The Balaban J connectivity index is 3.68. The normalized spacial score (nSPS) is 13.6. The average Bonchev–Trinajstić information content (AvgIpc) is 2.00. The van der Waals surface area contributed by atoms with Gasteiger partial charge in [0, 0.05) is 0 Å². The lowest BCUT2D eigenvalue weighted by atomic mass is 10.3. The summed E-state index contributed by atoms with van der Waals surface area (Å²) in [7, 11) is 3.59. The molecule has 0 fully saturated rings. The van der Waals surface area contributed by atoms with Crippen molar-refractivity contribution in [2.24, 2.45) is 0 Å². The molecular weight excluding hydrogens is 219 g/mol. The molecule has 0 bridgehead atoms.